The lowest BCUT2D eigenvalue weighted by atomic mass is 9.75. The number of ketones is 1. The van der Waals surface area contributed by atoms with Crippen molar-refractivity contribution in [2.75, 3.05) is 6.61 Å². The van der Waals surface area contributed by atoms with E-state index in [0.717, 1.165) is 24.0 Å². The van der Waals surface area contributed by atoms with Crippen molar-refractivity contribution < 1.29 is 23.8 Å². The Morgan fingerprint density at radius 3 is 2.74 bits per heavy atom. The third-order valence-corrected chi connectivity index (χ3v) is 7.63. The summed E-state index contributed by atoms with van der Waals surface area (Å²) in [6.45, 7) is 2.72. The minimum atomic E-state index is -1.15. The number of halogens is 2. The van der Waals surface area contributed by atoms with Crippen LogP contribution < -0.4 is 9.47 Å². The molecular formula is C24H18I2O5. The van der Waals surface area contributed by atoms with Gasteiger partial charge in [0.15, 0.2) is 17.1 Å². The minimum absolute atomic E-state index is 0.0218. The second kappa shape index (κ2) is 7.91. The lowest BCUT2D eigenvalue weighted by Crippen LogP contribution is -2.39. The number of allylic oxidation sites excluding steroid dienone is 2. The summed E-state index contributed by atoms with van der Waals surface area (Å²) < 4.78 is 18.4. The van der Waals surface area contributed by atoms with Gasteiger partial charge in [0.1, 0.15) is 15.1 Å². The summed E-state index contributed by atoms with van der Waals surface area (Å²) in [5.74, 6) is 1.24. The Balaban J connectivity index is 1.75. The van der Waals surface area contributed by atoms with Gasteiger partial charge in [0.05, 0.1) is 16.1 Å². The molecule has 2 aromatic carbocycles. The molecule has 5 rings (SSSR count). The van der Waals surface area contributed by atoms with E-state index < -0.39 is 5.60 Å². The number of carbonyl (C=O) groups excluding carboxylic acids is 2. The van der Waals surface area contributed by atoms with Gasteiger partial charge in [0, 0.05) is 22.8 Å². The highest BCUT2D eigenvalue weighted by atomic mass is 127. The van der Waals surface area contributed by atoms with Crippen LogP contribution in [0.3, 0.4) is 0 Å². The Kier molecular flexibility index (Phi) is 5.36. The molecule has 0 amide bonds. The maximum Gasteiger partial charge on any atom is 0.340 e. The van der Waals surface area contributed by atoms with Gasteiger partial charge < -0.3 is 14.2 Å². The van der Waals surface area contributed by atoms with Crippen LogP contribution in [0, 0.1) is 0 Å². The molecule has 5 nitrogen and oxygen atoms in total. The van der Waals surface area contributed by atoms with Crippen LogP contribution in [0.25, 0.3) is 0 Å². The van der Waals surface area contributed by atoms with Gasteiger partial charge in [-0.1, -0.05) is 60.2 Å². The molecule has 3 aliphatic rings. The van der Waals surface area contributed by atoms with Crippen LogP contribution in [0.4, 0.5) is 0 Å². The van der Waals surface area contributed by atoms with Crippen molar-refractivity contribution in [1.82, 2.24) is 0 Å². The van der Waals surface area contributed by atoms with E-state index in [1.807, 2.05) is 65.1 Å². The Morgan fingerprint density at radius 2 is 1.94 bits per heavy atom. The molecule has 2 aromatic rings. The molecule has 0 saturated carbocycles. The number of hydrogen-bond donors (Lipinski definition) is 0. The number of unbranched alkanes of at least 4 members (excludes halogenated alkanes) is 1. The van der Waals surface area contributed by atoms with Crippen LogP contribution in [-0.4, -0.2) is 22.3 Å². The van der Waals surface area contributed by atoms with Crippen LogP contribution in [0.5, 0.6) is 11.5 Å². The number of benzene rings is 2. The lowest BCUT2D eigenvalue weighted by molar-refractivity contribution is -0.113. The molecule has 158 valence electrons. The molecule has 1 aliphatic carbocycles. The van der Waals surface area contributed by atoms with Crippen molar-refractivity contribution in [2.45, 2.75) is 29.3 Å². The zero-order chi connectivity index (χ0) is 21.8. The molecule has 2 atom stereocenters. The van der Waals surface area contributed by atoms with Crippen molar-refractivity contribution in [1.29, 1.82) is 0 Å². The van der Waals surface area contributed by atoms with E-state index >= 15 is 0 Å². The van der Waals surface area contributed by atoms with E-state index in [1.54, 1.807) is 6.07 Å². The summed E-state index contributed by atoms with van der Waals surface area (Å²) in [5, 5.41) is 0. The van der Waals surface area contributed by atoms with E-state index in [-0.39, 0.29) is 15.7 Å². The maximum absolute atomic E-state index is 12.9. The largest absolute Gasteiger partial charge is 0.493 e. The highest BCUT2D eigenvalue weighted by Crippen LogP contribution is 2.57. The van der Waals surface area contributed by atoms with Crippen molar-refractivity contribution in [3.05, 3.63) is 80.1 Å². The average Bonchev–Trinajstić information content (AvgIpc) is 3.07. The predicted molar refractivity (Wildman–Crippen MR) is 132 cm³/mol. The fraction of sp³-hybridized carbons (Fsp3) is 0.250. The van der Waals surface area contributed by atoms with Crippen molar-refractivity contribution in [3.8, 4) is 11.5 Å². The zero-order valence-corrected chi connectivity index (χ0v) is 20.9. The van der Waals surface area contributed by atoms with Gasteiger partial charge >= 0.3 is 5.97 Å². The molecule has 2 unspecified atom stereocenters. The fourth-order valence-electron chi connectivity index (χ4n) is 4.20. The molecule has 0 N–H and O–H groups in total. The molecule has 0 radical (unpaired) electrons. The summed E-state index contributed by atoms with van der Waals surface area (Å²) in [6, 6.07) is 13.0. The summed E-state index contributed by atoms with van der Waals surface area (Å²) in [5.41, 5.74) is 1.55. The highest BCUT2D eigenvalue weighted by Gasteiger charge is 2.56. The van der Waals surface area contributed by atoms with Crippen LogP contribution >= 0.6 is 45.2 Å². The molecule has 7 heteroatoms. The second-order valence-electron chi connectivity index (χ2n) is 7.57. The number of hydrogen-bond acceptors (Lipinski definition) is 5. The number of carbonyl (C=O) groups is 2. The minimum Gasteiger partial charge on any atom is -0.493 e. The summed E-state index contributed by atoms with van der Waals surface area (Å²) in [4.78, 5) is 25.6. The van der Waals surface area contributed by atoms with Crippen LogP contribution in [0.1, 0.15) is 41.3 Å². The quantitative estimate of drug-likeness (QED) is 0.188. The van der Waals surface area contributed by atoms with Crippen molar-refractivity contribution in [2.24, 2.45) is 0 Å². The van der Waals surface area contributed by atoms with Crippen LogP contribution in [-0.2, 0) is 15.1 Å². The first-order valence-corrected chi connectivity index (χ1v) is 12.4. The van der Waals surface area contributed by atoms with E-state index in [2.05, 4.69) is 29.5 Å². The maximum atomic E-state index is 12.9. The van der Waals surface area contributed by atoms with Gasteiger partial charge in [-0.05, 0) is 47.2 Å². The monoisotopic (exact) mass is 640 g/mol. The van der Waals surface area contributed by atoms with E-state index in [9.17, 15) is 9.59 Å². The van der Waals surface area contributed by atoms with Gasteiger partial charge in [-0.3, -0.25) is 4.79 Å². The Bertz CT molecular complexity index is 1180. The molecule has 2 aliphatic heterocycles. The first kappa shape index (κ1) is 21.0. The Morgan fingerprint density at radius 1 is 1.13 bits per heavy atom. The number of rotatable bonds is 4. The molecule has 2 heterocycles. The molecule has 31 heavy (non-hydrogen) atoms. The van der Waals surface area contributed by atoms with Crippen LogP contribution in [0.2, 0.25) is 0 Å². The molecule has 0 fully saturated rings. The second-order valence-corrected chi connectivity index (χ2v) is 9.99. The predicted octanol–water partition coefficient (Wildman–Crippen LogP) is 5.63. The summed E-state index contributed by atoms with van der Waals surface area (Å²) in [6.07, 6.45) is 3.84. The van der Waals surface area contributed by atoms with Crippen LogP contribution in [0.15, 0.2) is 63.5 Å². The Labute approximate surface area is 207 Å². The fourth-order valence-corrected chi connectivity index (χ4v) is 6.20. The van der Waals surface area contributed by atoms with E-state index in [0.29, 0.717) is 38.6 Å². The number of esters is 1. The van der Waals surface area contributed by atoms with Crippen molar-refractivity contribution in [3.63, 3.8) is 0 Å². The number of alkyl halides is 1. The standard InChI is InChI=1S/C24H18I2O5/c1-2-3-10-29-13-8-9-16-19(11-13)30-22-17(12-18(25)21(27)20(22)26)24(16)15-7-5-4-6-14(15)23(28)31-24/h4-9,11-12,18H,2-3,10H2,1H3. The topological polar surface area (TPSA) is 61.8 Å². The average molecular weight is 640 g/mol. The van der Waals surface area contributed by atoms with Gasteiger partial charge in [-0.25, -0.2) is 4.79 Å². The summed E-state index contributed by atoms with van der Waals surface area (Å²) in [7, 11) is 0. The zero-order valence-electron chi connectivity index (χ0n) is 16.6. The van der Waals surface area contributed by atoms with Crippen molar-refractivity contribution >= 4 is 56.9 Å². The third-order valence-electron chi connectivity index (χ3n) is 5.69. The van der Waals surface area contributed by atoms with E-state index in [4.69, 9.17) is 14.2 Å². The number of fused-ring (bicyclic) bond motifs is 6. The smallest absolute Gasteiger partial charge is 0.340 e. The summed E-state index contributed by atoms with van der Waals surface area (Å²) >= 11 is 4.13. The molecule has 0 saturated heterocycles. The number of Topliss-reactive ketones (excluding diaryl/α,β-unsaturated/α-hetero) is 1. The third kappa shape index (κ3) is 3.14. The van der Waals surface area contributed by atoms with Gasteiger partial charge in [0.25, 0.3) is 0 Å². The van der Waals surface area contributed by atoms with Gasteiger partial charge in [0.2, 0.25) is 0 Å². The molecule has 0 aromatic heterocycles. The van der Waals surface area contributed by atoms with Gasteiger partial charge in [-0.15, -0.1) is 0 Å². The lowest BCUT2D eigenvalue weighted by Gasteiger charge is -2.40. The molecule has 1 spiro atoms. The highest BCUT2D eigenvalue weighted by molar-refractivity contribution is 14.1. The Hall–Kier alpha value is -1.88. The van der Waals surface area contributed by atoms with Gasteiger partial charge in [-0.2, -0.15) is 0 Å². The van der Waals surface area contributed by atoms with E-state index in [1.165, 1.54) is 0 Å². The molecule has 0 bridgehead atoms. The normalized spacial score (nSPS) is 23.6. The first-order chi connectivity index (χ1) is 15.0. The first-order valence-electron chi connectivity index (χ1n) is 10.1. The number of ether oxygens (including phenoxy) is 3. The SMILES string of the molecule is CCCCOc1ccc2c(c1)OC1=C(I)C(=O)C(I)C=C1C21OC(=O)c2ccccc21. The molecular weight excluding hydrogens is 622 g/mol.